The van der Waals surface area contributed by atoms with E-state index in [0.717, 1.165) is 36.8 Å². The summed E-state index contributed by atoms with van der Waals surface area (Å²) in [6.45, 7) is 2.26. The van der Waals surface area contributed by atoms with Crippen LogP contribution in [0.15, 0.2) is 103 Å². The Kier molecular flexibility index (Phi) is 13.3. The number of nitrogens with zero attached hydrogens (tertiary/aromatic N) is 5. The van der Waals surface area contributed by atoms with E-state index in [2.05, 4.69) is 36.5 Å². The zero-order chi connectivity index (χ0) is 41.6. The van der Waals surface area contributed by atoms with Gasteiger partial charge in [0.05, 0.1) is 41.5 Å². The van der Waals surface area contributed by atoms with Gasteiger partial charge in [0.15, 0.2) is 25.4 Å². The van der Waals surface area contributed by atoms with E-state index >= 15 is 0 Å². The van der Waals surface area contributed by atoms with Crippen LogP contribution in [0.2, 0.25) is 0 Å². The summed E-state index contributed by atoms with van der Waals surface area (Å²) in [6, 6.07) is 13.0. The highest BCUT2D eigenvalue weighted by Gasteiger charge is 2.25. The Morgan fingerprint density at radius 1 is 0.875 bits per heavy atom. The third-order valence-electron chi connectivity index (χ3n) is 7.78. The van der Waals surface area contributed by atoms with Crippen LogP contribution in [-0.4, -0.2) is 105 Å². The van der Waals surface area contributed by atoms with Gasteiger partial charge in [-0.15, -0.1) is 15.3 Å². The predicted molar refractivity (Wildman–Crippen MR) is 203 cm³/mol. The average Bonchev–Trinajstić information content (AvgIpc) is 3.14. The van der Waals surface area contributed by atoms with E-state index in [-0.39, 0.29) is 56.3 Å². The molecule has 0 aliphatic rings. The van der Waals surface area contributed by atoms with Crippen molar-refractivity contribution in [1.82, 2.24) is 4.90 Å². The smallest absolute Gasteiger partial charge is 0.397 e. The number of phenols is 1. The van der Waals surface area contributed by atoms with Crippen molar-refractivity contribution in [3.63, 3.8) is 0 Å². The number of azo groups is 2. The molecule has 300 valence electrons. The summed E-state index contributed by atoms with van der Waals surface area (Å²) in [5.41, 5.74) is -0.238. The minimum absolute atomic E-state index is 0.00220. The quantitative estimate of drug-likeness (QED) is 0.0811. The number of rotatable bonds is 17. The molecule has 0 bridgehead atoms. The van der Waals surface area contributed by atoms with Crippen molar-refractivity contribution in [1.29, 1.82) is 0 Å². The van der Waals surface area contributed by atoms with Gasteiger partial charge < -0.3 is 20.1 Å². The molecule has 4 aromatic carbocycles. The maximum absolute atomic E-state index is 13.0. The maximum atomic E-state index is 13.0. The lowest BCUT2D eigenvalue weighted by atomic mass is 10.1. The lowest BCUT2D eigenvalue weighted by molar-refractivity contribution is 0.0803. The van der Waals surface area contributed by atoms with E-state index in [4.69, 9.17) is 9.29 Å². The van der Waals surface area contributed by atoms with Crippen LogP contribution in [-0.2, 0) is 44.4 Å². The lowest BCUT2D eigenvalue weighted by Crippen LogP contribution is -2.31. The monoisotopic (exact) mass is 854 g/mol. The number of amides is 1. The Hall–Kier alpha value is -5.37. The highest BCUT2D eigenvalue weighted by atomic mass is 32.3. The summed E-state index contributed by atoms with van der Waals surface area (Å²) < 4.78 is 124. The van der Waals surface area contributed by atoms with Crippen molar-refractivity contribution in [2.45, 2.75) is 9.79 Å². The fourth-order valence-corrected chi connectivity index (χ4v) is 7.73. The molecule has 0 aliphatic heterocycles. The van der Waals surface area contributed by atoms with Crippen molar-refractivity contribution in [3.05, 3.63) is 78.2 Å². The number of methoxy groups -OCH3 is 1. The van der Waals surface area contributed by atoms with Gasteiger partial charge in [0.2, 0.25) is 0 Å². The summed E-state index contributed by atoms with van der Waals surface area (Å²) in [4.78, 5) is 12.9. The number of ether oxygens (including phenoxy) is 1. The van der Waals surface area contributed by atoms with Gasteiger partial charge in [0, 0.05) is 48.5 Å². The van der Waals surface area contributed by atoms with Crippen LogP contribution >= 0.6 is 0 Å². The SMILES string of the molecule is C=CS(=O)(=O)CCN(C)C(=O)c1cccc(N=Nc2c(NC)ccc3c(O)c(N=Nc4ccc(S(=O)(=O)CCOS(=O)(=O)O)cc4OC)c(S(=O)(=O)O)cc23)c1. The molecule has 0 radical (unpaired) electrons. The Morgan fingerprint density at radius 3 is 2.20 bits per heavy atom. The van der Waals surface area contributed by atoms with E-state index in [1.807, 2.05) is 0 Å². The van der Waals surface area contributed by atoms with E-state index in [0.29, 0.717) is 5.69 Å². The topological polar surface area (TPSA) is 297 Å². The number of sulfone groups is 2. The first-order valence-electron chi connectivity index (χ1n) is 15.7. The molecule has 4 aromatic rings. The Bertz CT molecular complexity index is 2700. The highest BCUT2D eigenvalue weighted by Crippen LogP contribution is 2.47. The summed E-state index contributed by atoms with van der Waals surface area (Å²) in [6.07, 6.45) is 0. The van der Waals surface area contributed by atoms with Crippen molar-refractivity contribution < 1.29 is 61.6 Å². The van der Waals surface area contributed by atoms with Crippen LogP contribution in [0, 0.1) is 0 Å². The molecule has 4 N–H and O–H groups in total. The number of aromatic hydroxyl groups is 1. The molecule has 4 rings (SSSR count). The molecule has 0 saturated heterocycles. The van der Waals surface area contributed by atoms with Gasteiger partial charge in [-0.1, -0.05) is 12.6 Å². The molecule has 0 aliphatic carbocycles. The van der Waals surface area contributed by atoms with Gasteiger partial charge in [-0.05, 0) is 48.5 Å². The number of hydrogen-bond donors (Lipinski definition) is 4. The Morgan fingerprint density at radius 2 is 1.57 bits per heavy atom. The fraction of sp³-hybridized carbons (Fsp3) is 0.219. The lowest BCUT2D eigenvalue weighted by Gasteiger charge is -2.16. The molecule has 56 heavy (non-hydrogen) atoms. The first kappa shape index (κ1) is 43.4. The van der Waals surface area contributed by atoms with Gasteiger partial charge in [-0.2, -0.15) is 21.9 Å². The number of hydrogen-bond acceptors (Lipinski definition) is 17. The fourth-order valence-electron chi connectivity index (χ4n) is 4.89. The van der Waals surface area contributed by atoms with Crippen LogP contribution in [0.25, 0.3) is 10.8 Å². The molecule has 0 fully saturated rings. The summed E-state index contributed by atoms with van der Waals surface area (Å²) >= 11 is 0. The van der Waals surface area contributed by atoms with Gasteiger partial charge in [-0.3, -0.25) is 13.9 Å². The number of phenolic OH excluding ortho intramolecular Hbond substituents is 1. The zero-order valence-corrected chi connectivity index (χ0v) is 32.9. The predicted octanol–water partition coefficient (Wildman–Crippen LogP) is 4.90. The van der Waals surface area contributed by atoms with E-state index in [1.54, 1.807) is 0 Å². The van der Waals surface area contributed by atoms with E-state index in [1.165, 1.54) is 55.4 Å². The van der Waals surface area contributed by atoms with Crippen LogP contribution in [0.3, 0.4) is 0 Å². The number of fused-ring (bicyclic) bond motifs is 1. The van der Waals surface area contributed by atoms with Gasteiger partial charge in [0.25, 0.3) is 16.0 Å². The number of benzene rings is 4. The molecule has 1 amide bonds. The highest BCUT2D eigenvalue weighted by molar-refractivity contribution is 7.94. The molecule has 0 saturated carbocycles. The summed E-state index contributed by atoms with van der Waals surface area (Å²) in [5, 5.41) is 31.2. The minimum Gasteiger partial charge on any atom is -0.505 e. The van der Waals surface area contributed by atoms with E-state index < -0.39 is 74.8 Å². The summed E-state index contributed by atoms with van der Waals surface area (Å²) in [7, 11) is -13.6. The zero-order valence-electron chi connectivity index (χ0n) is 29.6. The van der Waals surface area contributed by atoms with Gasteiger partial charge >= 0.3 is 10.4 Å². The second-order valence-corrected chi connectivity index (χ2v) is 18.1. The molecule has 20 nitrogen and oxygen atoms in total. The number of anilines is 1. The third kappa shape index (κ3) is 10.7. The average molecular weight is 855 g/mol. The summed E-state index contributed by atoms with van der Waals surface area (Å²) in [5.74, 6) is -2.63. The Balaban J connectivity index is 1.74. The van der Waals surface area contributed by atoms with Gasteiger partial charge in [-0.25, -0.2) is 21.0 Å². The maximum Gasteiger partial charge on any atom is 0.397 e. The standard InChI is InChI=1S/C32H34N6O14S4/c1-5-53(41,42)15-13-38(3)32(40)20-7-6-8-21(17-20)34-36-29-24-19-28(55(45,46)47)30(31(39)23(24)10-12-26(29)33-2)37-35-25-11-9-22(18-27(25)51-4)54(43,44)16-14-52-56(48,49)50/h5-12,17-19,33,39H,1,13-16H2,2-4H3,(H,45,46,47)(H,48,49,50). The number of carbonyl (C=O) groups excluding carboxylic acids is 1. The van der Waals surface area contributed by atoms with Crippen LogP contribution in [0.4, 0.5) is 28.4 Å². The Labute approximate surface area is 321 Å². The van der Waals surface area contributed by atoms with Crippen molar-refractivity contribution in [2.24, 2.45) is 20.5 Å². The minimum atomic E-state index is -5.13. The molecule has 0 aromatic heterocycles. The molecule has 24 heteroatoms. The van der Waals surface area contributed by atoms with Gasteiger partial charge in [0.1, 0.15) is 27.7 Å². The van der Waals surface area contributed by atoms with Crippen LogP contribution in [0.5, 0.6) is 11.5 Å². The molecular formula is C32H34N6O14S4. The molecule has 0 atom stereocenters. The van der Waals surface area contributed by atoms with Crippen molar-refractivity contribution in [3.8, 4) is 11.5 Å². The number of nitrogens with one attached hydrogen (secondary N) is 1. The second kappa shape index (κ2) is 17.2. The molecular weight excluding hydrogens is 821 g/mol. The molecule has 0 unspecified atom stereocenters. The number of carbonyl (C=O) groups is 1. The third-order valence-corrected chi connectivity index (χ3v) is 12.0. The normalized spacial score (nSPS) is 12.7. The van der Waals surface area contributed by atoms with Crippen molar-refractivity contribution >= 4 is 85.3 Å². The van der Waals surface area contributed by atoms with Crippen molar-refractivity contribution in [2.75, 3.05) is 51.2 Å². The van der Waals surface area contributed by atoms with Crippen LogP contribution in [0.1, 0.15) is 10.4 Å². The molecule has 0 heterocycles. The first-order valence-corrected chi connectivity index (χ1v) is 21.8. The largest absolute Gasteiger partial charge is 0.505 e. The second-order valence-electron chi connectivity index (χ2n) is 11.5. The molecule has 0 spiro atoms. The van der Waals surface area contributed by atoms with Crippen LogP contribution < -0.4 is 10.1 Å². The van der Waals surface area contributed by atoms with E-state index in [9.17, 15) is 48.1 Å². The first-order chi connectivity index (χ1) is 26.1.